The van der Waals surface area contributed by atoms with Crippen LogP contribution in [-0.4, -0.2) is 26.3 Å². The maximum Gasteiger partial charge on any atom is 0.141 e. The smallest absolute Gasteiger partial charge is 0.141 e. The number of nitrogens with one attached hydrogen (secondary N) is 1. The Bertz CT molecular complexity index is 549. The van der Waals surface area contributed by atoms with Gasteiger partial charge in [-0.3, -0.25) is 4.98 Å². The van der Waals surface area contributed by atoms with Crippen molar-refractivity contribution in [2.45, 2.75) is 39.8 Å². The highest BCUT2D eigenvalue weighted by molar-refractivity contribution is 5.12. The summed E-state index contributed by atoms with van der Waals surface area (Å²) in [5.41, 5.74) is 0.817. The second-order valence-electron chi connectivity index (χ2n) is 5.47. The van der Waals surface area contributed by atoms with E-state index < -0.39 is 0 Å². The van der Waals surface area contributed by atoms with Gasteiger partial charge in [-0.25, -0.2) is 14.1 Å². The van der Waals surface area contributed by atoms with E-state index in [1.807, 2.05) is 11.6 Å². The molecule has 0 aliphatic heterocycles. The first-order valence-corrected chi connectivity index (χ1v) is 7.31. The van der Waals surface area contributed by atoms with Gasteiger partial charge in [0.25, 0.3) is 0 Å². The molecule has 114 valence electrons. The van der Waals surface area contributed by atoms with Gasteiger partial charge in [-0.2, -0.15) is 5.10 Å². The van der Waals surface area contributed by atoms with E-state index in [2.05, 4.69) is 34.2 Å². The molecule has 0 fully saturated rings. The van der Waals surface area contributed by atoms with Gasteiger partial charge in [0.2, 0.25) is 0 Å². The number of rotatable bonds is 7. The van der Waals surface area contributed by atoms with Crippen molar-refractivity contribution in [3.8, 4) is 0 Å². The molecule has 0 saturated carbocycles. The third-order valence-corrected chi connectivity index (χ3v) is 3.18. The Balaban J connectivity index is 2.16. The van der Waals surface area contributed by atoms with Crippen LogP contribution in [0.1, 0.15) is 38.3 Å². The normalized spacial score (nSPS) is 12.8. The number of hydrogen-bond donors (Lipinski definition) is 1. The molecule has 0 amide bonds. The third-order valence-electron chi connectivity index (χ3n) is 3.18. The monoisotopic (exact) mass is 291 g/mol. The standard InChI is InChI=1S/C15H22FN5/c1-4-17-14(13-6-5-12(16)8-18-13)7-15-19-10-20-21(15)9-11(2)3/h5-6,8,10-11,14,17H,4,7,9H2,1-3H3. The molecule has 0 aromatic carbocycles. The van der Waals surface area contributed by atoms with Crippen molar-refractivity contribution < 1.29 is 4.39 Å². The number of hydrogen-bond acceptors (Lipinski definition) is 4. The molecular formula is C15H22FN5. The molecule has 1 atom stereocenters. The predicted octanol–water partition coefficient (Wildman–Crippen LogP) is 2.36. The summed E-state index contributed by atoms with van der Waals surface area (Å²) in [7, 11) is 0. The summed E-state index contributed by atoms with van der Waals surface area (Å²) >= 11 is 0. The molecule has 1 unspecified atom stereocenters. The zero-order chi connectivity index (χ0) is 15.2. The fourth-order valence-electron chi connectivity index (χ4n) is 2.25. The summed E-state index contributed by atoms with van der Waals surface area (Å²) in [5, 5.41) is 7.65. The zero-order valence-electron chi connectivity index (χ0n) is 12.8. The minimum atomic E-state index is -0.322. The van der Waals surface area contributed by atoms with Crippen LogP contribution in [0.5, 0.6) is 0 Å². The van der Waals surface area contributed by atoms with Crippen LogP contribution in [0.2, 0.25) is 0 Å². The first kappa shape index (κ1) is 15.6. The molecular weight excluding hydrogens is 269 g/mol. The molecule has 0 aliphatic carbocycles. The molecule has 2 aromatic rings. The van der Waals surface area contributed by atoms with Crippen molar-refractivity contribution in [2.75, 3.05) is 6.54 Å². The van der Waals surface area contributed by atoms with Crippen LogP contribution >= 0.6 is 0 Å². The topological polar surface area (TPSA) is 55.6 Å². The van der Waals surface area contributed by atoms with E-state index in [0.717, 1.165) is 24.6 Å². The number of nitrogens with zero attached hydrogens (tertiary/aromatic N) is 4. The van der Waals surface area contributed by atoms with Gasteiger partial charge in [-0.05, 0) is 24.6 Å². The van der Waals surface area contributed by atoms with E-state index in [4.69, 9.17) is 0 Å². The van der Waals surface area contributed by atoms with E-state index in [9.17, 15) is 4.39 Å². The molecule has 0 bridgehead atoms. The van der Waals surface area contributed by atoms with E-state index >= 15 is 0 Å². The van der Waals surface area contributed by atoms with Gasteiger partial charge < -0.3 is 5.32 Å². The fraction of sp³-hybridized carbons (Fsp3) is 0.533. The Morgan fingerprint density at radius 2 is 2.10 bits per heavy atom. The van der Waals surface area contributed by atoms with Crippen molar-refractivity contribution in [3.63, 3.8) is 0 Å². The number of halogens is 1. The van der Waals surface area contributed by atoms with Crippen molar-refractivity contribution in [2.24, 2.45) is 5.92 Å². The molecule has 2 rings (SSSR count). The molecule has 5 nitrogen and oxygen atoms in total. The maximum atomic E-state index is 13.0. The second kappa shape index (κ2) is 7.26. The van der Waals surface area contributed by atoms with E-state index in [1.165, 1.54) is 12.3 Å². The Kier molecular flexibility index (Phi) is 5.38. The van der Waals surface area contributed by atoms with E-state index in [-0.39, 0.29) is 11.9 Å². The summed E-state index contributed by atoms with van der Waals surface area (Å²) in [6, 6.07) is 3.16. The molecule has 1 N–H and O–H groups in total. The highest BCUT2D eigenvalue weighted by Crippen LogP contribution is 2.16. The van der Waals surface area contributed by atoms with Crippen LogP contribution in [0.3, 0.4) is 0 Å². The van der Waals surface area contributed by atoms with Crippen molar-refractivity contribution in [1.29, 1.82) is 0 Å². The van der Waals surface area contributed by atoms with Crippen LogP contribution in [0, 0.1) is 11.7 Å². The van der Waals surface area contributed by atoms with E-state index in [1.54, 1.807) is 12.4 Å². The Morgan fingerprint density at radius 3 is 2.71 bits per heavy atom. The summed E-state index contributed by atoms with van der Waals surface area (Å²) < 4.78 is 14.9. The molecule has 0 aliphatic rings. The lowest BCUT2D eigenvalue weighted by atomic mass is 10.1. The van der Waals surface area contributed by atoms with Crippen molar-refractivity contribution >= 4 is 0 Å². The van der Waals surface area contributed by atoms with Gasteiger partial charge in [-0.1, -0.05) is 20.8 Å². The van der Waals surface area contributed by atoms with Crippen LogP contribution < -0.4 is 5.32 Å². The van der Waals surface area contributed by atoms with Gasteiger partial charge in [0.15, 0.2) is 0 Å². The largest absolute Gasteiger partial charge is 0.309 e. The highest BCUT2D eigenvalue weighted by atomic mass is 19.1. The lowest BCUT2D eigenvalue weighted by molar-refractivity contribution is 0.444. The first-order valence-electron chi connectivity index (χ1n) is 7.31. The number of likely N-dealkylation sites (N-methyl/N-ethyl adjacent to an activating group) is 1. The molecule has 21 heavy (non-hydrogen) atoms. The second-order valence-corrected chi connectivity index (χ2v) is 5.47. The molecule has 6 heteroatoms. The molecule has 0 spiro atoms. The fourth-order valence-corrected chi connectivity index (χ4v) is 2.25. The molecule has 2 aromatic heterocycles. The van der Waals surface area contributed by atoms with Crippen molar-refractivity contribution in [3.05, 3.63) is 42.0 Å². The minimum Gasteiger partial charge on any atom is -0.309 e. The Morgan fingerprint density at radius 1 is 1.29 bits per heavy atom. The summed E-state index contributed by atoms with van der Waals surface area (Å²) in [4.78, 5) is 8.52. The van der Waals surface area contributed by atoms with E-state index in [0.29, 0.717) is 12.3 Å². The summed E-state index contributed by atoms with van der Waals surface area (Å²) in [5.74, 6) is 1.10. The molecule has 2 heterocycles. The molecule has 0 saturated heterocycles. The lowest BCUT2D eigenvalue weighted by Gasteiger charge is -2.18. The van der Waals surface area contributed by atoms with Crippen LogP contribution in [0.15, 0.2) is 24.7 Å². The predicted molar refractivity (Wildman–Crippen MR) is 79.2 cm³/mol. The van der Waals surface area contributed by atoms with Gasteiger partial charge in [0, 0.05) is 13.0 Å². The lowest BCUT2D eigenvalue weighted by Crippen LogP contribution is -2.25. The van der Waals surface area contributed by atoms with Crippen LogP contribution in [-0.2, 0) is 13.0 Å². The molecule has 0 radical (unpaired) electrons. The number of aromatic nitrogens is 4. The van der Waals surface area contributed by atoms with Crippen LogP contribution in [0.4, 0.5) is 4.39 Å². The van der Waals surface area contributed by atoms with Gasteiger partial charge in [-0.15, -0.1) is 0 Å². The average Bonchev–Trinajstić information content (AvgIpc) is 2.86. The van der Waals surface area contributed by atoms with Crippen LogP contribution in [0.25, 0.3) is 0 Å². The minimum absolute atomic E-state index is 0.00529. The zero-order valence-corrected chi connectivity index (χ0v) is 12.8. The van der Waals surface area contributed by atoms with Gasteiger partial charge in [0.05, 0.1) is 17.9 Å². The third kappa shape index (κ3) is 4.32. The van der Waals surface area contributed by atoms with Crippen molar-refractivity contribution in [1.82, 2.24) is 25.1 Å². The van der Waals surface area contributed by atoms with Gasteiger partial charge >= 0.3 is 0 Å². The average molecular weight is 291 g/mol. The highest BCUT2D eigenvalue weighted by Gasteiger charge is 2.16. The first-order chi connectivity index (χ1) is 10.1. The summed E-state index contributed by atoms with van der Waals surface area (Å²) in [6.07, 6.45) is 3.51. The number of pyridine rings is 1. The maximum absolute atomic E-state index is 13.0. The summed E-state index contributed by atoms with van der Waals surface area (Å²) in [6.45, 7) is 7.98. The quantitative estimate of drug-likeness (QED) is 0.851. The SMILES string of the molecule is CCNC(Cc1ncnn1CC(C)C)c1ccc(F)cn1. The Labute approximate surface area is 124 Å². The Hall–Kier alpha value is -1.82. The van der Waals surface area contributed by atoms with Gasteiger partial charge in [0.1, 0.15) is 18.0 Å².